The highest BCUT2D eigenvalue weighted by atomic mass is 16.1. The van der Waals surface area contributed by atoms with Gasteiger partial charge in [0.15, 0.2) is 5.78 Å². The lowest BCUT2D eigenvalue weighted by Gasteiger charge is -2.40. The van der Waals surface area contributed by atoms with E-state index in [1.807, 2.05) is 18.2 Å². The second-order valence-electron chi connectivity index (χ2n) is 4.03. The zero-order valence-electron chi connectivity index (χ0n) is 7.45. The zero-order valence-corrected chi connectivity index (χ0v) is 7.45. The van der Waals surface area contributed by atoms with Crippen molar-refractivity contribution in [3.8, 4) is 0 Å². The Balaban J connectivity index is 2.13. The van der Waals surface area contributed by atoms with Crippen LogP contribution in [0.1, 0.15) is 6.42 Å². The van der Waals surface area contributed by atoms with Crippen molar-refractivity contribution >= 4 is 12.0 Å². The van der Waals surface area contributed by atoms with E-state index in [0.29, 0.717) is 0 Å². The van der Waals surface area contributed by atoms with Gasteiger partial charge in [-0.25, -0.2) is 0 Å². The van der Waals surface area contributed by atoms with Crippen LogP contribution in [0, 0.1) is 5.41 Å². The molecule has 0 N–H and O–H groups in total. The second kappa shape index (κ2) is 1.73. The first-order chi connectivity index (χ1) is 6.86. The summed E-state index contributed by atoms with van der Waals surface area (Å²) in [6.45, 7) is 0. The van der Waals surface area contributed by atoms with Gasteiger partial charge < -0.3 is 0 Å². The number of dihydropyridines is 1. The summed E-state index contributed by atoms with van der Waals surface area (Å²) in [5.41, 5.74) is 3.91. The fraction of sp³-hybridized carbons (Fsp3) is 0.167. The minimum atomic E-state index is -0.115. The SMILES string of the molecule is O=C1C2=CC=CCC23c2ccnc3c21. The molecule has 1 fully saturated rings. The van der Waals surface area contributed by atoms with Crippen LogP contribution >= 0.6 is 0 Å². The summed E-state index contributed by atoms with van der Waals surface area (Å²) in [6, 6.07) is 0. The van der Waals surface area contributed by atoms with Crippen molar-refractivity contribution in [3.05, 3.63) is 46.7 Å². The average molecular weight is 181 g/mol. The maximum atomic E-state index is 11.9. The van der Waals surface area contributed by atoms with Crippen molar-refractivity contribution in [3.63, 3.8) is 0 Å². The van der Waals surface area contributed by atoms with Gasteiger partial charge in [0.2, 0.25) is 0 Å². The molecule has 1 unspecified atom stereocenters. The third-order valence-electron chi connectivity index (χ3n) is 3.57. The number of allylic oxidation sites excluding steroid dienone is 6. The summed E-state index contributed by atoms with van der Waals surface area (Å²) in [7, 11) is 0. The molecule has 2 nitrogen and oxygen atoms in total. The summed E-state index contributed by atoms with van der Waals surface area (Å²) in [4.78, 5) is 16.2. The average Bonchev–Trinajstić information content (AvgIpc) is 2.67. The lowest BCUT2D eigenvalue weighted by molar-refractivity contribution is -0.111. The van der Waals surface area contributed by atoms with Crippen LogP contribution in [-0.2, 0) is 4.79 Å². The van der Waals surface area contributed by atoms with Crippen molar-refractivity contribution in [2.24, 2.45) is 10.4 Å². The molecule has 1 atom stereocenters. The van der Waals surface area contributed by atoms with Gasteiger partial charge in [-0.2, -0.15) is 0 Å². The van der Waals surface area contributed by atoms with Crippen LogP contribution in [0.5, 0.6) is 0 Å². The maximum absolute atomic E-state index is 11.9. The molecular weight excluding hydrogens is 174 g/mol. The van der Waals surface area contributed by atoms with Gasteiger partial charge >= 0.3 is 0 Å². The Morgan fingerprint density at radius 1 is 1.29 bits per heavy atom. The fourth-order valence-corrected chi connectivity index (χ4v) is 2.98. The minimum Gasteiger partial charge on any atom is -0.289 e. The molecule has 4 aliphatic carbocycles. The lowest BCUT2D eigenvalue weighted by Crippen LogP contribution is -2.32. The first-order valence-electron chi connectivity index (χ1n) is 4.78. The number of Topliss-reactive ketones (excluding diaryl/α,β-unsaturated/α-hetero) is 1. The van der Waals surface area contributed by atoms with E-state index in [2.05, 4.69) is 11.1 Å². The van der Waals surface area contributed by atoms with Crippen LogP contribution in [0.25, 0.3) is 0 Å². The Labute approximate surface area is 81.0 Å². The standard InChI is InChI=1S/C12H7NO/c14-10-8-3-1-2-5-12(8)7-4-6-13-11(12)9(7)10/h1-4,6H,5H2. The Morgan fingerprint density at radius 3 is 3.00 bits per heavy atom. The van der Waals surface area contributed by atoms with Crippen molar-refractivity contribution in [2.75, 3.05) is 0 Å². The highest BCUT2D eigenvalue weighted by Gasteiger charge is 2.63. The van der Waals surface area contributed by atoms with E-state index in [0.717, 1.165) is 23.3 Å². The van der Waals surface area contributed by atoms with Gasteiger partial charge in [-0.15, -0.1) is 0 Å². The molecule has 0 saturated heterocycles. The number of nitrogens with zero attached hydrogens (tertiary/aromatic N) is 1. The van der Waals surface area contributed by atoms with Crippen molar-refractivity contribution in [1.82, 2.24) is 0 Å². The number of ketones is 1. The molecule has 4 bridgehead atoms. The molecule has 66 valence electrons. The summed E-state index contributed by atoms with van der Waals surface area (Å²) in [6.07, 6.45) is 10.7. The van der Waals surface area contributed by atoms with Crippen LogP contribution in [-0.4, -0.2) is 12.0 Å². The predicted octanol–water partition coefficient (Wildman–Crippen LogP) is 1.72. The third kappa shape index (κ3) is 0.416. The minimum absolute atomic E-state index is 0.115. The molecule has 0 aromatic carbocycles. The van der Waals surface area contributed by atoms with Gasteiger partial charge in [0, 0.05) is 17.4 Å². The number of carbonyl (C=O) groups is 1. The summed E-state index contributed by atoms with van der Waals surface area (Å²) < 4.78 is 0. The molecule has 1 saturated carbocycles. The Bertz CT molecular complexity index is 543. The topological polar surface area (TPSA) is 29.4 Å². The van der Waals surface area contributed by atoms with E-state index in [1.165, 1.54) is 5.57 Å². The summed E-state index contributed by atoms with van der Waals surface area (Å²) in [5, 5.41) is 0. The molecule has 1 heterocycles. The molecule has 0 aromatic rings. The van der Waals surface area contributed by atoms with Crippen molar-refractivity contribution in [1.29, 1.82) is 0 Å². The first-order valence-corrected chi connectivity index (χ1v) is 4.78. The first kappa shape index (κ1) is 6.71. The Hall–Kier alpha value is -1.70. The fourth-order valence-electron chi connectivity index (χ4n) is 2.98. The van der Waals surface area contributed by atoms with E-state index < -0.39 is 0 Å². The van der Waals surface area contributed by atoms with Gasteiger partial charge in [-0.3, -0.25) is 9.79 Å². The maximum Gasteiger partial charge on any atom is 0.192 e. The largest absolute Gasteiger partial charge is 0.289 e. The number of carbonyl (C=O) groups excluding carboxylic acids is 1. The van der Waals surface area contributed by atoms with Gasteiger partial charge in [0.1, 0.15) is 0 Å². The van der Waals surface area contributed by atoms with Crippen LogP contribution < -0.4 is 0 Å². The van der Waals surface area contributed by atoms with E-state index in [-0.39, 0.29) is 11.2 Å². The number of hydrogen-bond donors (Lipinski definition) is 0. The molecule has 0 radical (unpaired) electrons. The molecule has 2 heteroatoms. The van der Waals surface area contributed by atoms with Gasteiger partial charge in [0.05, 0.1) is 11.1 Å². The highest BCUT2D eigenvalue weighted by Crippen LogP contribution is 2.67. The van der Waals surface area contributed by atoms with Crippen LogP contribution in [0.3, 0.4) is 0 Å². The molecule has 0 aromatic heterocycles. The quantitative estimate of drug-likeness (QED) is 0.559. The van der Waals surface area contributed by atoms with E-state index in [4.69, 9.17) is 0 Å². The Kier molecular flexibility index (Phi) is 0.831. The molecule has 1 spiro atoms. The smallest absolute Gasteiger partial charge is 0.192 e. The van der Waals surface area contributed by atoms with Gasteiger partial charge in [-0.05, 0) is 18.1 Å². The summed E-state index contributed by atoms with van der Waals surface area (Å²) >= 11 is 0. The van der Waals surface area contributed by atoms with E-state index in [9.17, 15) is 4.79 Å². The molecule has 0 amide bonds. The van der Waals surface area contributed by atoms with E-state index in [1.54, 1.807) is 6.21 Å². The normalized spacial score (nSPS) is 35.3. The number of rotatable bonds is 0. The Morgan fingerprint density at radius 2 is 2.21 bits per heavy atom. The monoisotopic (exact) mass is 181 g/mol. The second-order valence-corrected chi connectivity index (χ2v) is 4.03. The van der Waals surface area contributed by atoms with E-state index >= 15 is 0 Å². The zero-order chi connectivity index (χ0) is 9.34. The van der Waals surface area contributed by atoms with Crippen LogP contribution in [0.15, 0.2) is 51.7 Å². The molecule has 5 aliphatic rings. The van der Waals surface area contributed by atoms with Crippen LogP contribution in [0.4, 0.5) is 0 Å². The number of aliphatic imine (C=N–C) groups is 1. The predicted molar refractivity (Wildman–Crippen MR) is 52.9 cm³/mol. The summed E-state index contributed by atoms with van der Waals surface area (Å²) in [5.74, 6) is 0.201. The lowest BCUT2D eigenvalue weighted by atomic mass is 9.64. The van der Waals surface area contributed by atoms with Crippen molar-refractivity contribution in [2.45, 2.75) is 6.42 Å². The molecular formula is C12H7NO. The third-order valence-corrected chi connectivity index (χ3v) is 3.57. The van der Waals surface area contributed by atoms with Gasteiger partial charge in [-0.1, -0.05) is 18.2 Å². The van der Waals surface area contributed by atoms with Crippen LogP contribution in [0.2, 0.25) is 0 Å². The highest BCUT2D eigenvalue weighted by molar-refractivity contribution is 6.24. The van der Waals surface area contributed by atoms with Crippen molar-refractivity contribution < 1.29 is 4.79 Å². The molecule has 14 heavy (non-hydrogen) atoms. The number of hydrogen-bond acceptors (Lipinski definition) is 2. The molecule has 5 rings (SSSR count). The molecule has 1 aliphatic heterocycles. The van der Waals surface area contributed by atoms with Gasteiger partial charge in [0.25, 0.3) is 0 Å².